The summed E-state index contributed by atoms with van der Waals surface area (Å²) in [7, 11) is 0. The van der Waals surface area contributed by atoms with E-state index in [2.05, 4.69) is 20.7 Å². The standard InChI is InChI=1S/C15H19N5O2.2ClH/c21-15(14-8-16-5-6-22-14)18-7-12-1-3-13(4-2-12)9-20-11-17-10-19-20;;/h1-4,10-11,14,16H,5-9H2,(H,18,21);2*1H. The Morgan fingerprint density at radius 2 is 2.04 bits per heavy atom. The van der Waals surface area contributed by atoms with Gasteiger partial charge in [0.2, 0.25) is 0 Å². The molecule has 1 unspecified atom stereocenters. The van der Waals surface area contributed by atoms with Gasteiger partial charge in [0.05, 0.1) is 13.2 Å². The lowest BCUT2D eigenvalue weighted by Crippen LogP contribution is -2.47. The van der Waals surface area contributed by atoms with Crippen molar-refractivity contribution in [2.24, 2.45) is 0 Å². The van der Waals surface area contributed by atoms with Crippen LogP contribution in [0.15, 0.2) is 36.9 Å². The summed E-state index contributed by atoms with van der Waals surface area (Å²) < 4.78 is 7.18. The predicted octanol–water partition coefficient (Wildman–Crippen LogP) is 0.775. The zero-order valence-electron chi connectivity index (χ0n) is 13.1. The van der Waals surface area contributed by atoms with Crippen LogP contribution in [0.5, 0.6) is 0 Å². The number of rotatable bonds is 5. The lowest BCUT2D eigenvalue weighted by molar-refractivity contribution is -0.134. The molecule has 2 heterocycles. The molecule has 9 heteroatoms. The van der Waals surface area contributed by atoms with Gasteiger partial charge in [-0.05, 0) is 11.1 Å². The van der Waals surface area contributed by atoms with Crippen LogP contribution in [0, 0.1) is 0 Å². The van der Waals surface area contributed by atoms with Gasteiger partial charge < -0.3 is 15.4 Å². The van der Waals surface area contributed by atoms with Gasteiger partial charge in [0.1, 0.15) is 18.8 Å². The molecule has 132 valence electrons. The van der Waals surface area contributed by atoms with E-state index in [1.165, 1.54) is 6.33 Å². The van der Waals surface area contributed by atoms with E-state index < -0.39 is 0 Å². The highest BCUT2D eigenvalue weighted by atomic mass is 35.5. The number of ether oxygens (including phenoxy) is 1. The third-order valence-electron chi connectivity index (χ3n) is 3.52. The van der Waals surface area contributed by atoms with E-state index in [9.17, 15) is 4.79 Å². The summed E-state index contributed by atoms with van der Waals surface area (Å²) in [5.41, 5.74) is 2.19. The van der Waals surface area contributed by atoms with E-state index in [4.69, 9.17) is 4.74 Å². The molecule has 1 atom stereocenters. The van der Waals surface area contributed by atoms with Crippen molar-refractivity contribution in [1.29, 1.82) is 0 Å². The smallest absolute Gasteiger partial charge is 0.250 e. The van der Waals surface area contributed by atoms with E-state index in [1.807, 2.05) is 24.3 Å². The molecule has 1 fully saturated rings. The highest BCUT2D eigenvalue weighted by molar-refractivity contribution is 5.85. The molecule has 1 aliphatic rings. The highest BCUT2D eigenvalue weighted by Gasteiger charge is 2.21. The molecule has 0 saturated carbocycles. The second-order valence-electron chi connectivity index (χ2n) is 5.19. The maximum absolute atomic E-state index is 12.0. The first-order valence-corrected chi connectivity index (χ1v) is 7.31. The van der Waals surface area contributed by atoms with Crippen molar-refractivity contribution in [2.75, 3.05) is 19.7 Å². The molecule has 2 N–H and O–H groups in total. The SMILES string of the molecule is Cl.Cl.O=C(NCc1ccc(Cn2cncn2)cc1)C1CNCCO1. The molecule has 0 radical (unpaired) electrons. The second kappa shape index (κ2) is 10.2. The van der Waals surface area contributed by atoms with Crippen LogP contribution < -0.4 is 10.6 Å². The minimum Gasteiger partial charge on any atom is -0.366 e. The van der Waals surface area contributed by atoms with Gasteiger partial charge in [-0.2, -0.15) is 5.10 Å². The number of nitrogens with one attached hydrogen (secondary N) is 2. The molecule has 1 aromatic carbocycles. The molecule has 1 aliphatic heterocycles. The summed E-state index contributed by atoms with van der Waals surface area (Å²) in [4.78, 5) is 15.9. The van der Waals surface area contributed by atoms with Gasteiger partial charge in [-0.3, -0.25) is 4.79 Å². The van der Waals surface area contributed by atoms with E-state index in [0.29, 0.717) is 26.2 Å². The molecule has 24 heavy (non-hydrogen) atoms. The molecule has 3 rings (SSSR count). The Balaban J connectivity index is 0.00000144. The highest BCUT2D eigenvalue weighted by Crippen LogP contribution is 2.06. The maximum Gasteiger partial charge on any atom is 0.250 e. The quantitative estimate of drug-likeness (QED) is 0.808. The third-order valence-corrected chi connectivity index (χ3v) is 3.52. The number of hydrogen-bond acceptors (Lipinski definition) is 5. The van der Waals surface area contributed by atoms with Gasteiger partial charge in [0.15, 0.2) is 0 Å². The topological polar surface area (TPSA) is 81.1 Å². The fourth-order valence-electron chi connectivity index (χ4n) is 2.30. The normalized spacial score (nSPS) is 16.6. The van der Waals surface area contributed by atoms with Gasteiger partial charge in [0.25, 0.3) is 5.91 Å². The number of nitrogens with zero attached hydrogens (tertiary/aromatic N) is 3. The Morgan fingerprint density at radius 3 is 2.67 bits per heavy atom. The first kappa shape index (κ1) is 20.4. The summed E-state index contributed by atoms with van der Waals surface area (Å²) in [6.07, 6.45) is 2.82. The average molecular weight is 374 g/mol. The zero-order valence-corrected chi connectivity index (χ0v) is 14.7. The summed E-state index contributed by atoms with van der Waals surface area (Å²) >= 11 is 0. The average Bonchev–Trinajstić information content (AvgIpc) is 3.08. The lowest BCUT2D eigenvalue weighted by Gasteiger charge is -2.22. The van der Waals surface area contributed by atoms with E-state index >= 15 is 0 Å². The zero-order chi connectivity index (χ0) is 15.2. The van der Waals surface area contributed by atoms with Gasteiger partial charge in [-0.15, -0.1) is 24.8 Å². The summed E-state index contributed by atoms with van der Waals surface area (Å²) in [5.74, 6) is -0.0705. The summed E-state index contributed by atoms with van der Waals surface area (Å²) in [6, 6.07) is 8.07. The Kier molecular flexibility index (Phi) is 8.70. The number of benzene rings is 1. The molecule has 0 spiro atoms. The first-order chi connectivity index (χ1) is 10.8. The predicted molar refractivity (Wildman–Crippen MR) is 94.5 cm³/mol. The number of carbonyl (C=O) groups excluding carboxylic acids is 1. The van der Waals surface area contributed by atoms with Crippen molar-refractivity contribution in [3.63, 3.8) is 0 Å². The monoisotopic (exact) mass is 373 g/mol. The first-order valence-electron chi connectivity index (χ1n) is 7.31. The van der Waals surface area contributed by atoms with E-state index in [-0.39, 0.29) is 36.8 Å². The van der Waals surface area contributed by atoms with E-state index in [1.54, 1.807) is 11.0 Å². The summed E-state index contributed by atoms with van der Waals surface area (Å²) in [5, 5.41) is 10.1. The molecule has 0 aliphatic carbocycles. The Morgan fingerprint density at radius 1 is 1.29 bits per heavy atom. The molecule has 1 saturated heterocycles. The molecule has 1 amide bonds. The maximum atomic E-state index is 12.0. The number of hydrogen-bond donors (Lipinski definition) is 2. The molecular formula is C15H21Cl2N5O2. The van der Waals surface area contributed by atoms with Crippen LogP contribution in [0.4, 0.5) is 0 Å². The molecule has 0 bridgehead atoms. The van der Waals surface area contributed by atoms with Gasteiger partial charge in [0, 0.05) is 19.6 Å². The van der Waals surface area contributed by atoms with E-state index in [0.717, 1.165) is 17.7 Å². The van der Waals surface area contributed by atoms with Crippen LogP contribution >= 0.6 is 24.8 Å². The fraction of sp³-hybridized carbons (Fsp3) is 0.400. The van der Waals surface area contributed by atoms with Gasteiger partial charge in [-0.25, -0.2) is 9.67 Å². The fourth-order valence-corrected chi connectivity index (χ4v) is 2.30. The second-order valence-corrected chi connectivity index (χ2v) is 5.19. The van der Waals surface area contributed by atoms with Crippen LogP contribution in [0.3, 0.4) is 0 Å². The molecule has 2 aromatic rings. The largest absolute Gasteiger partial charge is 0.366 e. The van der Waals surface area contributed by atoms with Crippen LogP contribution in [0.25, 0.3) is 0 Å². The molecule has 7 nitrogen and oxygen atoms in total. The minimum atomic E-state index is -0.389. The number of morpholine rings is 1. The molecule has 1 aromatic heterocycles. The number of amides is 1. The minimum absolute atomic E-state index is 0. The van der Waals surface area contributed by atoms with Gasteiger partial charge in [-0.1, -0.05) is 24.3 Å². The van der Waals surface area contributed by atoms with Crippen molar-refractivity contribution in [2.45, 2.75) is 19.2 Å². The number of halogens is 2. The van der Waals surface area contributed by atoms with Crippen LogP contribution in [0.2, 0.25) is 0 Å². The van der Waals surface area contributed by atoms with Crippen molar-refractivity contribution in [3.8, 4) is 0 Å². The number of aromatic nitrogens is 3. The van der Waals surface area contributed by atoms with Crippen LogP contribution in [-0.2, 0) is 22.6 Å². The Hall–Kier alpha value is -1.67. The Labute approximate surface area is 153 Å². The van der Waals surface area contributed by atoms with Crippen molar-refractivity contribution < 1.29 is 9.53 Å². The van der Waals surface area contributed by atoms with Gasteiger partial charge >= 0.3 is 0 Å². The number of carbonyl (C=O) groups is 1. The summed E-state index contributed by atoms with van der Waals surface area (Å²) in [6.45, 7) is 3.14. The lowest BCUT2D eigenvalue weighted by atomic mass is 10.1. The van der Waals surface area contributed by atoms with Crippen molar-refractivity contribution in [3.05, 3.63) is 48.0 Å². The van der Waals surface area contributed by atoms with Crippen molar-refractivity contribution >= 4 is 30.7 Å². The van der Waals surface area contributed by atoms with Crippen LogP contribution in [0.1, 0.15) is 11.1 Å². The Bertz CT molecular complexity index is 601. The molecular weight excluding hydrogens is 353 g/mol. The van der Waals surface area contributed by atoms with Crippen LogP contribution in [-0.4, -0.2) is 46.5 Å². The van der Waals surface area contributed by atoms with Crippen molar-refractivity contribution in [1.82, 2.24) is 25.4 Å². The third kappa shape index (κ3) is 5.76.